The van der Waals surface area contributed by atoms with Gasteiger partial charge in [-0.15, -0.1) is 0 Å². The van der Waals surface area contributed by atoms with Crippen LogP contribution in [0.4, 0.5) is 0 Å². The average molecular weight is 166 g/mol. The van der Waals surface area contributed by atoms with Gasteiger partial charge in [-0.05, 0) is 6.92 Å². The van der Waals surface area contributed by atoms with E-state index in [4.69, 9.17) is 17.3 Å². The van der Waals surface area contributed by atoms with E-state index in [2.05, 4.69) is 0 Å². The molecule has 0 aromatic heterocycles. The Bertz CT molecular complexity index is 89.1. The summed E-state index contributed by atoms with van der Waals surface area (Å²) in [5, 5.41) is 0.861. The minimum Gasteiger partial charge on any atom is -0.330 e. The van der Waals surface area contributed by atoms with E-state index in [0.29, 0.717) is 0 Å². The predicted molar refractivity (Wildman–Crippen MR) is 46.0 cm³/mol. The lowest BCUT2D eigenvalue weighted by Crippen LogP contribution is -2.01. The second kappa shape index (κ2) is 6.46. The molecule has 0 atom stereocenters. The summed E-state index contributed by atoms with van der Waals surface area (Å²) in [7, 11) is 0. The Kier molecular flexibility index (Phi) is 6.70. The first-order chi connectivity index (χ1) is 4.27. The van der Waals surface area contributed by atoms with Gasteiger partial charge in [0, 0.05) is 23.1 Å². The molecule has 1 nitrogen and oxygen atoms in total. The topological polar surface area (TPSA) is 26.0 Å². The molecule has 0 heterocycles. The van der Waals surface area contributed by atoms with Crippen molar-refractivity contribution in [3.63, 3.8) is 0 Å². The number of rotatable bonds is 4. The molecule has 0 aliphatic carbocycles. The van der Waals surface area contributed by atoms with E-state index in [1.54, 1.807) is 11.8 Å². The van der Waals surface area contributed by atoms with Crippen molar-refractivity contribution in [1.29, 1.82) is 0 Å². The van der Waals surface area contributed by atoms with Crippen LogP contribution >= 0.6 is 23.4 Å². The minimum atomic E-state index is 0.750. The molecule has 0 aliphatic heterocycles. The van der Waals surface area contributed by atoms with Crippen molar-refractivity contribution in [2.75, 3.05) is 18.1 Å². The Hall–Kier alpha value is 0.340. The van der Waals surface area contributed by atoms with Gasteiger partial charge in [0.15, 0.2) is 0 Å². The van der Waals surface area contributed by atoms with Crippen LogP contribution in [0.25, 0.3) is 0 Å². The standard InChI is InChI=1S/C6H12ClNS/c1-6(7)2-4-9-5-3-8/h2H,3-5,8H2,1H3. The van der Waals surface area contributed by atoms with Crippen LogP contribution in [-0.2, 0) is 0 Å². The molecule has 0 saturated carbocycles. The summed E-state index contributed by atoms with van der Waals surface area (Å²) in [6.07, 6.45) is 1.99. The number of halogens is 1. The van der Waals surface area contributed by atoms with Crippen molar-refractivity contribution < 1.29 is 0 Å². The minimum absolute atomic E-state index is 0.750. The monoisotopic (exact) mass is 165 g/mol. The van der Waals surface area contributed by atoms with Gasteiger partial charge in [-0.25, -0.2) is 0 Å². The van der Waals surface area contributed by atoms with Crippen molar-refractivity contribution in [3.8, 4) is 0 Å². The summed E-state index contributed by atoms with van der Waals surface area (Å²) >= 11 is 7.37. The summed E-state index contributed by atoms with van der Waals surface area (Å²) < 4.78 is 0. The van der Waals surface area contributed by atoms with E-state index in [9.17, 15) is 0 Å². The van der Waals surface area contributed by atoms with E-state index in [0.717, 1.165) is 23.1 Å². The average Bonchev–Trinajstić information content (AvgIpc) is 1.80. The third-order valence-corrected chi connectivity index (χ3v) is 1.83. The molecular formula is C6H12ClNS. The quantitative estimate of drug-likeness (QED) is 0.644. The SMILES string of the molecule is CC(Cl)=CCSCCN. The Balaban J connectivity index is 3.00. The molecular weight excluding hydrogens is 154 g/mol. The Morgan fingerprint density at radius 2 is 2.44 bits per heavy atom. The van der Waals surface area contributed by atoms with E-state index in [1.165, 1.54) is 0 Å². The molecule has 2 N–H and O–H groups in total. The Morgan fingerprint density at radius 1 is 1.78 bits per heavy atom. The molecule has 0 fully saturated rings. The Morgan fingerprint density at radius 3 is 2.89 bits per heavy atom. The molecule has 0 aromatic carbocycles. The van der Waals surface area contributed by atoms with Gasteiger partial charge in [-0.1, -0.05) is 17.7 Å². The zero-order valence-electron chi connectivity index (χ0n) is 5.56. The van der Waals surface area contributed by atoms with Crippen LogP contribution in [0.2, 0.25) is 0 Å². The summed E-state index contributed by atoms with van der Waals surface area (Å²) in [5.74, 6) is 1.99. The van der Waals surface area contributed by atoms with Gasteiger partial charge >= 0.3 is 0 Å². The Labute approximate surface area is 65.6 Å². The fourth-order valence-corrected chi connectivity index (χ4v) is 1.21. The highest BCUT2D eigenvalue weighted by molar-refractivity contribution is 7.99. The molecule has 0 rings (SSSR count). The lowest BCUT2D eigenvalue weighted by molar-refractivity contribution is 1.15. The molecule has 9 heavy (non-hydrogen) atoms. The summed E-state index contributed by atoms with van der Waals surface area (Å²) in [6.45, 7) is 2.63. The summed E-state index contributed by atoms with van der Waals surface area (Å²) in [6, 6.07) is 0. The second-order valence-electron chi connectivity index (χ2n) is 1.65. The summed E-state index contributed by atoms with van der Waals surface area (Å²) in [4.78, 5) is 0. The predicted octanol–water partition coefficient (Wildman–Crippen LogP) is 1.82. The van der Waals surface area contributed by atoms with Crippen LogP contribution in [0, 0.1) is 0 Å². The first-order valence-corrected chi connectivity index (χ1v) is 4.40. The smallest absolute Gasteiger partial charge is 0.0128 e. The highest BCUT2D eigenvalue weighted by Crippen LogP contribution is 2.03. The third-order valence-electron chi connectivity index (χ3n) is 0.745. The molecule has 0 bridgehead atoms. The van der Waals surface area contributed by atoms with Gasteiger partial charge in [-0.3, -0.25) is 0 Å². The molecule has 3 heteroatoms. The first-order valence-electron chi connectivity index (χ1n) is 2.87. The number of hydrogen-bond donors (Lipinski definition) is 1. The largest absolute Gasteiger partial charge is 0.330 e. The van der Waals surface area contributed by atoms with Gasteiger partial charge in [0.1, 0.15) is 0 Å². The highest BCUT2D eigenvalue weighted by Gasteiger charge is 1.82. The number of nitrogens with two attached hydrogens (primary N) is 1. The van der Waals surface area contributed by atoms with Crippen molar-refractivity contribution >= 4 is 23.4 Å². The number of hydrogen-bond acceptors (Lipinski definition) is 2. The van der Waals surface area contributed by atoms with Gasteiger partial charge in [0.25, 0.3) is 0 Å². The van der Waals surface area contributed by atoms with E-state index in [1.807, 2.05) is 13.0 Å². The maximum absolute atomic E-state index is 5.57. The van der Waals surface area contributed by atoms with E-state index < -0.39 is 0 Å². The fraction of sp³-hybridized carbons (Fsp3) is 0.667. The molecule has 0 spiro atoms. The van der Waals surface area contributed by atoms with Gasteiger partial charge in [0.05, 0.1) is 0 Å². The zero-order chi connectivity index (χ0) is 7.11. The van der Waals surface area contributed by atoms with Crippen LogP contribution in [0.15, 0.2) is 11.1 Å². The fourth-order valence-electron chi connectivity index (χ4n) is 0.340. The normalized spacial score (nSPS) is 12.1. The first kappa shape index (κ1) is 9.34. The molecule has 0 aromatic rings. The third kappa shape index (κ3) is 8.34. The zero-order valence-corrected chi connectivity index (χ0v) is 7.13. The van der Waals surface area contributed by atoms with E-state index >= 15 is 0 Å². The van der Waals surface area contributed by atoms with E-state index in [-0.39, 0.29) is 0 Å². The highest BCUT2D eigenvalue weighted by atomic mass is 35.5. The molecule has 0 amide bonds. The van der Waals surface area contributed by atoms with Crippen LogP contribution in [0.5, 0.6) is 0 Å². The van der Waals surface area contributed by atoms with Gasteiger partial charge in [0.2, 0.25) is 0 Å². The van der Waals surface area contributed by atoms with Crippen LogP contribution in [0.3, 0.4) is 0 Å². The maximum Gasteiger partial charge on any atom is 0.0128 e. The van der Waals surface area contributed by atoms with Crippen LogP contribution in [-0.4, -0.2) is 18.1 Å². The second-order valence-corrected chi connectivity index (χ2v) is 3.40. The maximum atomic E-state index is 5.57. The number of allylic oxidation sites excluding steroid dienone is 1. The van der Waals surface area contributed by atoms with Gasteiger partial charge in [-0.2, -0.15) is 11.8 Å². The molecule has 0 aliphatic rings. The van der Waals surface area contributed by atoms with Crippen LogP contribution in [0.1, 0.15) is 6.92 Å². The molecule has 54 valence electrons. The van der Waals surface area contributed by atoms with Crippen molar-refractivity contribution in [1.82, 2.24) is 0 Å². The lowest BCUT2D eigenvalue weighted by Gasteiger charge is -1.91. The molecule has 0 unspecified atom stereocenters. The molecule has 0 radical (unpaired) electrons. The van der Waals surface area contributed by atoms with Crippen LogP contribution < -0.4 is 5.73 Å². The van der Waals surface area contributed by atoms with Crippen molar-refractivity contribution in [2.45, 2.75) is 6.92 Å². The molecule has 0 saturated heterocycles. The van der Waals surface area contributed by atoms with Gasteiger partial charge < -0.3 is 5.73 Å². The lowest BCUT2D eigenvalue weighted by atomic mass is 10.6. The van der Waals surface area contributed by atoms with Crippen molar-refractivity contribution in [3.05, 3.63) is 11.1 Å². The number of thioether (sulfide) groups is 1. The summed E-state index contributed by atoms with van der Waals surface area (Å²) in [5.41, 5.74) is 5.27. The van der Waals surface area contributed by atoms with Crippen molar-refractivity contribution in [2.24, 2.45) is 5.73 Å².